The minimum atomic E-state index is -0.446. The molecule has 0 spiro atoms. The van der Waals surface area contributed by atoms with Crippen molar-refractivity contribution in [2.24, 2.45) is 10.8 Å². The van der Waals surface area contributed by atoms with Gasteiger partial charge in [0.2, 0.25) is 5.91 Å². The molecule has 0 N–H and O–H groups in total. The number of aromatic nitrogens is 2. The van der Waals surface area contributed by atoms with Crippen LogP contribution in [0.3, 0.4) is 0 Å². The third-order valence-electron chi connectivity index (χ3n) is 10.8. The van der Waals surface area contributed by atoms with E-state index in [0.717, 1.165) is 93.0 Å². The highest BCUT2D eigenvalue weighted by Gasteiger charge is 2.66. The molecule has 1 saturated carbocycles. The Morgan fingerprint density at radius 2 is 1.74 bits per heavy atom. The van der Waals surface area contributed by atoms with Crippen LogP contribution >= 0.6 is 0 Å². The van der Waals surface area contributed by atoms with E-state index in [1.165, 1.54) is 0 Å². The number of piperidine rings is 1. The first-order valence-corrected chi connectivity index (χ1v) is 16.2. The monoisotopic (exact) mass is 574 g/mol. The zero-order chi connectivity index (χ0) is 29.8. The van der Waals surface area contributed by atoms with Crippen molar-refractivity contribution in [3.8, 4) is 0 Å². The number of anilines is 1. The van der Waals surface area contributed by atoms with Gasteiger partial charge in [0.15, 0.2) is 11.6 Å². The Balaban J connectivity index is 1.43. The molecule has 42 heavy (non-hydrogen) atoms. The maximum Gasteiger partial charge on any atom is 0.245 e. The molecular formula is C34H46N4O4. The second-order valence-electron chi connectivity index (χ2n) is 14.0. The minimum absolute atomic E-state index is 0.00583. The highest BCUT2D eigenvalue weighted by Crippen LogP contribution is 2.62. The fourth-order valence-electron chi connectivity index (χ4n) is 8.08. The fourth-order valence-corrected chi connectivity index (χ4v) is 8.08. The third-order valence-corrected chi connectivity index (χ3v) is 10.8. The number of carbonyl (C=O) groups is 4. The average molecular weight is 575 g/mol. The van der Waals surface area contributed by atoms with Gasteiger partial charge < -0.3 is 9.80 Å². The van der Waals surface area contributed by atoms with E-state index >= 15 is 0 Å². The Morgan fingerprint density at radius 3 is 2.45 bits per heavy atom. The maximum atomic E-state index is 14.1. The normalized spacial score (nSPS) is 28.2. The Morgan fingerprint density at radius 1 is 0.976 bits per heavy atom. The summed E-state index contributed by atoms with van der Waals surface area (Å²) >= 11 is 0. The van der Waals surface area contributed by atoms with Crippen molar-refractivity contribution < 1.29 is 19.2 Å². The van der Waals surface area contributed by atoms with Gasteiger partial charge in [-0.05, 0) is 74.5 Å². The van der Waals surface area contributed by atoms with Gasteiger partial charge in [-0.1, -0.05) is 33.6 Å². The van der Waals surface area contributed by atoms with Gasteiger partial charge in [0.1, 0.15) is 18.0 Å². The van der Waals surface area contributed by atoms with E-state index in [1.807, 2.05) is 11.8 Å². The topological polar surface area (TPSA) is 92.6 Å². The van der Waals surface area contributed by atoms with E-state index < -0.39 is 6.04 Å². The van der Waals surface area contributed by atoms with Gasteiger partial charge in [0.05, 0.1) is 11.6 Å². The van der Waals surface area contributed by atoms with Gasteiger partial charge in [-0.15, -0.1) is 0 Å². The van der Waals surface area contributed by atoms with E-state index in [1.54, 1.807) is 11.6 Å². The molecule has 1 amide bonds. The summed E-state index contributed by atoms with van der Waals surface area (Å²) < 4.78 is 1.75. The molecule has 1 aromatic carbocycles. The lowest BCUT2D eigenvalue weighted by Gasteiger charge is -2.27. The first kappa shape index (κ1) is 29.1. The van der Waals surface area contributed by atoms with Gasteiger partial charge in [0, 0.05) is 55.4 Å². The fraction of sp³-hybridized carbons (Fsp3) is 0.676. The summed E-state index contributed by atoms with van der Waals surface area (Å²) in [5, 5.41) is 5.59. The van der Waals surface area contributed by atoms with Crippen molar-refractivity contribution in [3.63, 3.8) is 0 Å². The first-order valence-electron chi connectivity index (χ1n) is 16.2. The Kier molecular flexibility index (Phi) is 7.55. The van der Waals surface area contributed by atoms with E-state index in [4.69, 9.17) is 5.10 Å². The highest BCUT2D eigenvalue weighted by atomic mass is 16.2. The van der Waals surface area contributed by atoms with Crippen LogP contribution in [0.2, 0.25) is 0 Å². The molecule has 6 rings (SSSR count). The van der Waals surface area contributed by atoms with Crippen molar-refractivity contribution in [1.29, 1.82) is 0 Å². The number of carbonyl (C=O) groups excluding carboxylic acids is 4. The van der Waals surface area contributed by atoms with E-state index in [2.05, 4.69) is 30.9 Å². The predicted molar refractivity (Wildman–Crippen MR) is 163 cm³/mol. The van der Waals surface area contributed by atoms with Gasteiger partial charge in [-0.2, -0.15) is 5.10 Å². The van der Waals surface area contributed by atoms with Crippen LogP contribution in [-0.4, -0.2) is 63.1 Å². The predicted octanol–water partition coefficient (Wildman–Crippen LogP) is 5.67. The highest BCUT2D eigenvalue weighted by molar-refractivity contribution is 6.07. The number of benzene rings is 1. The van der Waals surface area contributed by atoms with Crippen LogP contribution in [0.25, 0.3) is 10.9 Å². The van der Waals surface area contributed by atoms with E-state index in [-0.39, 0.29) is 40.9 Å². The number of ketones is 3. The molecule has 226 valence electrons. The van der Waals surface area contributed by atoms with Crippen molar-refractivity contribution in [1.82, 2.24) is 14.7 Å². The SMILES string of the molecule is CCC(=O)[C@@H]1C[C@]23CCC(=O)C(C)(C)CCCCCc4cc(N5CCCC5)cc5c(C(C)=O)nn(c45)CC(=O)N1[C@@H]2C3. The molecule has 8 nitrogen and oxygen atoms in total. The van der Waals surface area contributed by atoms with Crippen LogP contribution < -0.4 is 4.90 Å². The number of hydrogen-bond acceptors (Lipinski definition) is 6. The molecule has 3 fully saturated rings. The Hall–Kier alpha value is -3.03. The average Bonchev–Trinajstić information content (AvgIpc) is 3.33. The largest absolute Gasteiger partial charge is 0.372 e. The lowest BCUT2D eigenvalue weighted by Crippen LogP contribution is -2.44. The van der Waals surface area contributed by atoms with Crippen LogP contribution in [0.15, 0.2) is 12.1 Å². The van der Waals surface area contributed by atoms with Gasteiger partial charge in [0.25, 0.3) is 0 Å². The number of Topliss-reactive ketones (excluding diaryl/α,β-unsaturated/α-hetero) is 3. The molecule has 0 radical (unpaired) electrons. The standard InChI is InChI=1S/C34H46N4O4/c1-5-27(40)26-19-34-14-12-29(41)33(3,4)13-8-6-7-11-23-17-24(36-15-9-10-16-36)18-25-31(22(2)39)35-37(32(23)25)21-30(42)38(26)28(34)20-34/h17-18,26,28H,5-16,19-21H2,1-4H3/t26-,28+,34-/m0/s1. The number of nitrogens with zero attached hydrogens (tertiary/aromatic N) is 4. The van der Waals surface area contributed by atoms with Crippen molar-refractivity contribution >= 4 is 39.8 Å². The quantitative estimate of drug-likeness (QED) is 0.437. The molecule has 2 bridgehead atoms. The first-order chi connectivity index (χ1) is 20.0. The zero-order valence-electron chi connectivity index (χ0n) is 25.8. The summed E-state index contributed by atoms with van der Waals surface area (Å²) in [5.41, 5.74) is 3.01. The maximum absolute atomic E-state index is 14.1. The Bertz CT molecular complexity index is 1430. The summed E-state index contributed by atoms with van der Waals surface area (Å²) in [4.78, 5) is 57.6. The van der Waals surface area contributed by atoms with Crippen molar-refractivity contribution in [2.45, 2.75) is 123 Å². The van der Waals surface area contributed by atoms with Crippen LogP contribution in [0.1, 0.15) is 114 Å². The smallest absolute Gasteiger partial charge is 0.245 e. The molecular weight excluding hydrogens is 528 g/mol. The number of rotatable bonds is 4. The molecule has 0 unspecified atom stereocenters. The Labute approximate surface area is 249 Å². The summed E-state index contributed by atoms with van der Waals surface area (Å²) in [6.07, 6.45) is 10.1. The molecule has 8 heteroatoms. The van der Waals surface area contributed by atoms with Gasteiger partial charge in [-0.25, -0.2) is 0 Å². The molecule has 1 aliphatic carbocycles. The van der Waals surface area contributed by atoms with E-state index in [9.17, 15) is 19.2 Å². The lowest BCUT2D eigenvalue weighted by atomic mass is 9.79. The van der Waals surface area contributed by atoms with Crippen LogP contribution in [0.5, 0.6) is 0 Å². The third kappa shape index (κ3) is 5.09. The number of amides is 1. The van der Waals surface area contributed by atoms with Crippen molar-refractivity contribution in [2.75, 3.05) is 18.0 Å². The molecule has 3 aliphatic heterocycles. The van der Waals surface area contributed by atoms with Crippen LogP contribution in [-0.2, 0) is 27.3 Å². The van der Waals surface area contributed by atoms with E-state index in [0.29, 0.717) is 30.7 Å². The number of aryl methyl sites for hydroxylation is 1. The zero-order valence-corrected chi connectivity index (χ0v) is 25.8. The lowest BCUT2D eigenvalue weighted by molar-refractivity contribution is -0.139. The van der Waals surface area contributed by atoms with Gasteiger partial charge >= 0.3 is 0 Å². The molecule has 4 aliphatic rings. The summed E-state index contributed by atoms with van der Waals surface area (Å²) in [7, 11) is 0. The number of hydrogen-bond donors (Lipinski definition) is 0. The molecule has 2 saturated heterocycles. The second kappa shape index (κ2) is 10.9. The molecule has 1 aromatic heterocycles. The van der Waals surface area contributed by atoms with Gasteiger partial charge in [-0.3, -0.25) is 23.9 Å². The molecule has 2 aromatic rings. The minimum Gasteiger partial charge on any atom is -0.372 e. The van der Waals surface area contributed by atoms with Crippen LogP contribution in [0.4, 0.5) is 5.69 Å². The second-order valence-corrected chi connectivity index (χ2v) is 14.0. The summed E-state index contributed by atoms with van der Waals surface area (Å²) in [6, 6.07) is 3.88. The molecule has 4 heterocycles. The summed E-state index contributed by atoms with van der Waals surface area (Å²) in [6.45, 7) is 9.56. The van der Waals surface area contributed by atoms with Crippen LogP contribution in [0, 0.1) is 10.8 Å². The molecule has 3 atom stereocenters. The summed E-state index contributed by atoms with van der Waals surface area (Å²) in [5.74, 6) is 0.163. The van der Waals surface area contributed by atoms with Crippen molar-refractivity contribution in [3.05, 3.63) is 23.4 Å².